The van der Waals surface area contributed by atoms with Crippen LogP contribution in [-0.2, 0) is 11.3 Å². The Kier molecular flexibility index (Phi) is 7.02. The number of hydrogen-bond donors (Lipinski definition) is 1. The smallest absolute Gasteiger partial charge is 0.341 e. The van der Waals surface area contributed by atoms with Gasteiger partial charge in [-0.2, -0.15) is 0 Å². The van der Waals surface area contributed by atoms with Crippen molar-refractivity contribution in [1.29, 1.82) is 0 Å². The van der Waals surface area contributed by atoms with E-state index in [1.807, 2.05) is 26.0 Å². The first-order valence-electron chi connectivity index (χ1n) is 11.1. The molecule has 0 radical (unpaired) electrons. The minimum absolute atomic E-state index is 0.172. The minimum atomic E-state index is -0.431. The Hall–Kier alpha value is -3.91. The van der Waals surface area contributed by atoms with Gasteiger partial charge in [0.1, 0.15) is 10.8 Å². The van der Waals surface area contributed by atoms with Crippen LogP contribution in [0.5, 0.6) is 11.6 Å². The maximum absolute atomic E-state index is 13.2. The zero-order valence-electron chi connectivity index (χ0n) is 20.0. The molecule has 4 rings (SSSR count). The lowest BCUT2D eigenvalue weighted by atomic mass is 10.1. The number of pyridine rings is 1. The Morgan fingerprint density at radius 1 is 1.11 bits per heavy atom. The zero-order valence-corrected chi connectivity index (χ0v) is 20.8. The van der Waals surface area contributed by atoms with E-state index < -0.39 is 5.97 Å². The van der Waals surface area contributed by atoms with Crippen molar-refractivity contribution >= 4 is 39.3 Å². The third-order valence-corrected chi connectivity index (χ3v) is 6.96. The summed E-state index contributed by atoms with van der Waals surface area (Å²) >= 11 is 1.38. The summed E-state index contributed by atoms with van der Waals surface area (Å²) in [7, 11) is 1.59. The molecule has 180 valence electrons. The quantitative estimate of drug-likeness (QED) is 0.278. The van der Waals surface area contributed by atoms with Gasteiger partial charge in [0.25, 0.3) is 5.56 Å². The molecule has 0 aliphatic rings. The number of aromatic nitrogens is 1. The SMILES string of the molecule is CCOC(=O)c1c(/N=C/c2c(O)n(Cc3ccc(OC)cc3)c(=O)c3ccccc23)sc(C)c1C. The van der Waals surface area contributed by atoms with Crippen molar-refractivity contribution in [2.75, 3.05) is 13.7 Å². The number of ether oxygens (including phenoxy) is 2. The minimum Gasteiger partial charge on any atom is -0.497 e. The van der Waals surface area contributed by atoms with E-state index in [9.17, 15) is 14.7 Å². The number of carbonyl (C=O) groups is 1. The van der Waals surface area contributed by atoms with Crippen LogP contribution in [-0.4, -0.2) is 35.6 Å². The summed E-state index contributed by atoms with van der Waals surface area (Å²) in [5.74, 6) is 0.0756. The first-order chi connectivity index (χ1) is 16.8. The van der Waals surface area contributed by atoms with Crippen molar-refractivity contribution in [3.05, 3.63) is 86.0 Å². The van der Waals surface area contributed by atoms with Gasteiger partial charge in [-0.15, -0.1) is 11.3 Å². The summed E-state index contributed by atoms with van der Waals surface area (Å²) in [6, 6.07) is 14.4. The lowest BCUT2D eigenvalue weighted by molar-refractivity contribution is 0.0527. The average molecular weight is 491 g/mol. The highest BCUT2D eigenvalue weighted by atomic mass is 32.1. The molecule has 0 unspecified atom stereocenters. The Labute approximate surface area is 206 Å². The standard InChI is InChI=1S/C27H26N2O5S/c1-5-34-27(32)23-16(2)17(3)35-24(23)28-14-22-20-8-6-7-9-21(20)25(30)29(26(22)31)15-18-10-12-19(33-4)13-11-18/h6-14,31H,5,15H2,1-4H3/b28-14+. The van der Waals surface area contributed by atoms with Crippen LogP contribution in [0, 0.1) is 13.8 Å². The summed E-state index contributed by atoms with van der Waals surface area (Å²) in [4.78, 5) is 31.3. The van der Waals surface area contributed by atoms with Crippen LogP contribution >= 0.6 is 11.3 Å². The Morgan fingerprint density at radius 2 is 1.80 bits per heavy atom. The highest BCUT2D eigenvalue weighted by Gasteiger charge is 2.21. The van der Waals surface area contributed by atoms with E-state index in [0.29, 0.717) is 32.6 Å². The van der Waals surface area contributed by atoms with Crippen molar-refractivity contribution in [2.24, 2.45) is 4.99 Å². The molecule has 2 aromatic heterocycles. The molecule has 0 amide bonds. The summed E-state index contributed by atoms with van der Waals surface area (Å²) in [5.41, 5.74) is 2.16. The van der Waals surface area contributed by atoms with Crippen LogP contribution in [0.1, 0.15) is 38.8 Å². The van der Waals surface area contributed by atoms with Crippen LogP contribution in [0.4, 0.5) is 5.00 Å². The fraction of sp³-hybridized carbons (Fsp3) is 0.222. The van der Waals surface area contributed by atoms with Crippen molar-refractivity contribution in [3.8, 4) is 11.6 Å². The third kappa shape index (κ3) is 4.70. The van der Waals surface area contributed by atoms with Crippen LogP contribution in [0.2, 0.25) is 0 Å². The molecule has 4 aromatic rings. The summed E-state index contributed by atoms with van der Waals surface area (Å²) in [6.07, 6.45) is 1.51. The number of aryl methyl sites for hydroxylation is 1. The van der Waals surface area contributed by atoms with Gasteiger partial charge in [0, 0.05) is 21.9 Å². The molecule has 0 aliphatic carbocycles. The van der Waals surface area contributed by atoms with Crippen molar-refractivity contribution in [2.45, 2.75) is 27.3 Å². The topological polar surface area (TPSA) is 90.1 Å². The van der Waals surface area contributed by atoms with E-state index in [4.69, 9.17) is 9.47 Å². The fourth-order valence-electron chi connectivity index (χ4n) is 3.87. The van der Waals surface area contributed by atoms with Gasteiger partial charge in [0.15, 0.2) is 0 Å². The average Bonchev–Trinajstić information content (AvgIpc) is 3.15. The van der Waals surface area contributed by atoms with E-state index >= 15 is 0 Å². The number of aromatic hydroxyl groups is 1. The largest absolute Gasteiger partial charge is 0.497 e. The fourth-order valence-corrected chi connectivity index (χ4v) is 4.86. The lowest BCUT2D eigenvalue weighted by Gasteiger charge is -2.14. The summed E-state index contributed by atoms with van der Waals surface area (Å²) in [5, 5.41) is 12.7. The van der Waals surface area contributed by atoms with Gasteiger partial charge in [-0.25, -0.2) is 9.79 Å². The van der Waals surface area contributed by atoms with Gasteiger partial charge in [0.05, 0.1) is 31.4 Å². The lowest BCUT2D eigenvalue weighted by Crippen LogP contribution is -2.22. The van der Waals surface area contributed by atoms with Crippen molar-refractivity contribution in [3.63, 3.8) is 0 Å². The Balaban J connectivity index is 1.84. The molecule has 0 aliphatic heterocycles. The van der Waals surface area contributed by atoms with Crippen LogP contribution in [0.25, 0.3) is 10.8 Å². The van der Waals surface area contributed by atoms with Gasteiger partial charge in [-0.3, -0.25) is 9.36 Å². The van der Waals surface area contributed by atoms with Gasteiger partial charge < -0.3 is 14.6 Å². The second kappa shape index (κ2) is 10.1. The van der Waals surface area contributed by atoms with Crippen LogP contribution < -0.4 is 10.3 Å². The summed E-state index contributed by atoms with van der Waals surface area (Å²) < 4.78 is 11.7. The number of esters is 1. The molecule has 35 heavy (non-hydrogen) atoms. The maximum Gasteiger partial charge on any atom is 0.341 e. The molecular formula is C27H26N2O5S. The number of hydrogen-bond acceptors (Lipinski definition) is 7. The molecule has 0 saturated carbocycles. The molecule has 0 spiro atoms. The van der Waals surface area contributed by atoms with Crippen molar-refractivity contribution in [1.82, 2.24) is 4.57 Å². The second-order valence-corrected chi connectivity index (χ2v) is 9.17. The number of methoxy groups -OCH3 is 1. The number of benzene rings is 2. The summed E-state index contributed by atoms with van der Waals surface area (Å²) in [6.45, 7) is 5.97. The third-order valence-electron chi connectivity index (χ3n) is 5.85. The Bertz CT molecular complexity index is 1480. The molecule has 0 bridgehead atoms. The normalized spacial score (nSPS) is 11.3. The van der Waals surface area contributed by atoms with E-state index in [1.54, 1.807) is 50.4 Å². The number of aliphatic imine (C=N–C) groups is 1. The molecule has 2 heterocycles. The van der Waals surface area contributed by atoms with Gasteiger partial charge >= 0.3 is 5.97 Å². The van der Waals surface area contributed by atoms with Gasteiger partial charge in [-0.05, 0) is 50.1 Å². The zero-order chi connectivity index (χ0) is 25.1. The molecule has 7 nitrogen and oxygen atoms in total. The van der Waals surface area contributed by atoms with E-state index in [2.05, 4.69) is 4.99 Å². The number of carbonyl (C=O) groups excluding carboxylic acids is 1. The van der Waals surface area contributed by atoms with Gasteiger partial charge in [0.2, 0.25) is 5.88 Å². The van der Waals surface area contributed by atoms with Crippen LogP contribution in [0.3, 0.4) is 0 Å². The Morgan fingerprint density at radius 3 is 2.46 bits per heavy atom. The number of fused-ring (bicyclic) bond motifs is 1. The first-order valence-corrected chi connectivity index (χ1v) is 12.0. The molecule has 1 N–H and O–H groups in total. The highest BCUT2D eigenvalue weighted by molar-refractivity contribution is 7.16. The van der Waals surface area contributed by atoms with Crippen LogP contribution in [0.15, 0.2) is 58.3 Å². The molecular weight excluding hydrogens is 464 g/mol. The maximum atomic E-state index is 13.2. The monoisotopic (exact) mass is 490 g/mol. The van der Waals surface area contributed by atoms with E-state index in [-0.39, 0.29) is 24.6 Å². The van der Waals surface area contributed by atoms with Crippen molar-refractivity contribution < 1.29 is 19.4 Å². The predicted octanol–water partition coefficient (Wildman–Crippen LogP) is 5.37. The van der Waals surface area contributed by atoms with Gasteiger partial charge in [-0.1, -0.05) is 30.3 Å². The molecule has 2 aromatic carbocycles. The first kappa shape index (κ1) is 24.2. The molecule has 0 atom stereocenters. The number of thiophene rings is 1. The molecule has 8 heteroatoms. The predicted molar refractivity (Wildman–Crippen MR) is 139 cm³/mol. The number of rotatable bonds is 7. The van der Waals surface area contributed by atoms with E-state index in [1.165, 1.54) is 22.1 Å². The number of nitrogens with zero attached hydrogens (tertiary/aromatic N) is 2. The van der Waals surface area contributed by atoms with E-state index in [0.717, 1.165) is 16.0 Å². The second-order valence-electron chi connectivity index (χ2n) is 7.96. The molecule has 0 fully saturated rings. The molecule has 0 saturated heterocycles. The highest BCUT2D eigenvalue weighted by Crippen LogP contribution is 2.36.